The normalized spacial score (nSPS) is 10.5. The predicted octanol–water partition coefficient (Wildman–Crippen LogP) is 3.72. The summed E-state index contributed by atoms with van der Waals surface area (Å²) >= 11 is 0. The first-order valence-electron chi connectivity index (χ1n) is 6.93. The molecular weight excluding hydrogens is 236 g/mol. The van der Waals surface area contributed by atoms with Crippen LogP contribution in [0.3, 0.4) is 0 Å². The lowest BCUT2D eigenvalue weighted by molar-refractivity contribution is 0.0883. The van der Waals surface area contributed by atoms with E-state index in [9.17, 15) is 4.79 Å². The van der Waals surface area contributed by atoms with Crippen LogP contribution >= 0.6 is 0 Å². The van der Waals surface area contributed by atoms with Crippen molar-refractivity contribution in [2.45, 2.75) is 38.5 Å². The molecule has 0 aliphatic heterocycles. The SMILES string of the molecule is O=C(CCCCCCc1ccccc1)n1cccn1. The summed E-state index contributed by atoms with van der Waals surface area (Å²) in [6, 6.07) is 12.3. The Hall–Kier alpha value is -1.90. The van der Waals surface area contributed by atoms with Gasteiger partial charge in [0, 0.05) is 18.8 Å². The van der Waals surface area contributed by atoms with Crippen LogP contribution in [0.1, 0.15) is 42.5 Å². The summed E-state index contributed by atoms with van der Waals surface area (Å²) in [6.07, 6.45) is 9.50. The maximum absolute atomic E-state index is 11.7. The fourth-order valence-corrected chi connectivity index (χ4v) is 2.13. The molecule has 3 nitrogen and oxygen atoms in total. The first kappa shape index (κ1) is 13.5. The minimum atomic E-state index is 0.0908. The molecule has 0 unspecified atom stereocenters. The molecule has 0 spiro atoms. The molecule has 0 saturated heterocycles. The maximum atomic E-state index is 11.7. The number of aromatic nitrogens is 2. The van der Waals surface area contributed by atoms with E-state index >= 15 is 0 Å². The van der Waals surface area contributed by atoms with Gasteiger partial charge in [0.05, 0.1) is 0 Å². The molecule has 0 aliphatic carbocycles. The summed E-state index contributed by atoms with van der Waals surface area (Å²) in [5, 5.41) is 3.94. The van der Waals surface area contributed by atoms with E-state index in [2.05, 4.69) is 29.4 Å². The number of carbonyl (C=O) groups excluding carboxylic acids is 1. The molecule has 0 radical (unpaired) electrons. The Kier molecular flexibility index (Phi) is 5.35. The van der Waals surface area contributed by atoms with E-state index < -0.39 is 0 Å². The molecule has 0 saturated carbocycles. The van der Waals surface area contributed by atoms with Crippen LogP contribution in [-0.4, -0.2) is 15.7 Å². The number of hydrogen-bond acceptors (Lipinski definition) is 2. The summed E-state index contributed by atoms with van der Waals surface area (Å²) in [5.74, 6) is 0.0908. The second kappa shape index (κ2) is 7.52. The molecule has 1 aromatic carbocycles. The summed E-state index contributed by atoms with van der Waals surface area (Å²) in [4.78, 5) is 11.7. The quantitative estimate of drug-likeness (QED) is 0.708. The van der Waals surface area contributed by atoms with Gasteiger partial charge in [-0.2, -0.15) is 5.10 Å². The molecule has 1 heterocycles. The molecule has 2 aromatic rings. The summed E-state index contributed by atoms with van der Waals surface area (Å²) in [6.45, 7) is 0. The van der Waals surface area contributed by atoms with Gasteiger partial charge in [-0.15, -0.1) is 0 Å². The standard InChI is InChI=1S/C16H20N2O/c19-16(18-14-8-13-17-18)12-7-2-1-4-9-15-10-5-3-6-11-15/h3,5-6,8,10-11,13-14H,1-2,4,7,9,12H2. The molecular formula is C16H20N2O. The molecule has 1 aromatic heterocycles. The zero-order chi connectivity index (χ0) is 13.3. The van der Waals surface area contributed by atoms with Crippen molar-refractivity contribution in [3.63, 3.8) is 0 Å². The zero-order valence-electron chi connectivity index (χ0n) is 11.2. The number of aryl methyl sites for hydroxylation is 1. The van der Waals surface area contributed by atoms with Crippen LogP contribution in [0.5, 0.6) is 0 Å². The van der Waals surface area contributed by atoms with Crippen LogP contribution in [0.2, 0.25) is 0 Å². The van der Waals surface area contributed by atoms with Gasteiger partial charge < -0.3 is 0 Å². The van der Waals surface area contributed by atoms with E-state index in [4.69, 9.17) is 0 Å². The highest BCUT2D eigenvalue weighted by Crippen LogP contribution is 2.09. The van der Waals surface area contributed by atoms with E-state index in [1.165, 1.54) is 23.1 Å². The first-order valence-corrected chi connectivity index (χ1v) is 6.93. The van der Waals surface area contributed by atoms with Crippen LogP contribution < -0.4 is 0 Å². The molecule has 0 aliphatic rings. The average Bonchev–Trinajstić information content (AvgIpc) is 2.98. The highest BCUT2D eigenvalue weighted by Gasteiger charge is 2.03. The number of carbonyl (C=O) groups is 1. The lowest BCUT2D eigenvalue weighted by atomic mass is 10.1. The summed E-state index contributed by atoms with van der Waals surface area (Å²) < 4.78 is 1.42. The van der Waals surface area contributed by atoms with E-state index in [1.54, 1.807) is 18.5 Å². The molecule has 19 heavy (non-hydrogen) atoms. The van der Waals surface area contributed by atoms with Gasteiger partial charge in [0.1, 0.15) is 0 Å². The third kappa shape index (κ3) is 4.70. The minimum absolute atomic E-state index is 0.0908. The highest BCUT2D eigenvalue weighted by atomic mass is 16.2. The molecule has 3 heteroatoms. The first-order chi connectivity index (χ1) is 9.36. The van der Waals surface area contributed by atoms with Gasteiger partial charge in [0.25, 0.3) is 0 Å². The number of rotatable bonds is 7. The van der Waals surface area contributed by atoms with Gasteiger partial charge in [-0.1, -0.05) is 43.2 Å². The van der Waals surface area contributed by atoms with E-state index in [-0.39, 0.29) is 5.91 Å². The molecule has 100 valence electrons. The smallest absolute Gasteiger partial charge is 0.246 e. The molecule has 0 bridgehead atoms. The van der Waals surface area contributed by atoms with E-state index in [1.807, 2.05) is 6.07 Å². The number of benzene rings is 1. The van der Waals surface area contributed by atoms with Gasteiger partial charge >= 0.3 is 0 Å². The number of unbranched alkanes of at least 4 members (excludes halogenated alkanes) is 3. The van der Waals surface area contributed by atoms with Crippen molar-refractivity contribution in [1.82, 2.24) is 9.78 Å². The fraction of sp³-hybridized carbons (Fsp3) is 0.375. The van der Waals surface area contributed by atoms with Crippen molar-refractivity contribution in [1.29, 1.82) is 0 Å². The monoisotopic (exact) mass is 256 g/mol. The van der Waals surface area contributed by atoms with Crippen molar-refractivity contribution in [3.8, 4) is 0 Å². The van der Waals surface area contributed by atoms with Crippen molar-refractivity contribution in [2.24, 2.45) is 0 Å². The van der Waals surface area contributed by atoms with Gasteiger partial charge in [-0.25, -0.2) is 4.68 Å². The number of hydrogen-bond donors (Lipinski definition) is 0. The van der Waals surface area contributed by atoms with Crippen molar-refractivity contribution in [2.75, 3.05) is 0 Å². The second-order valence-corrected chi connectivity index (χ2v) is 4.74. The molecule has 2 rings (SSSR count). The molecule has 0 atom stereocenters. The summed E-state index contributed by atoms with van der Waals surface area (Å²) in [5.41, 5.74) is 1.40. The summed E-state index contributed by atoms with van der Waals surface area (Å²) in [7, 11) is 0. The van der Waals surface area contributed by atoms with Crippen molar-refractivity contribution >= 4 is 5.91 Å². The highest BCUT2D eigenvalue weighted by molar-refractivity contribution is 5.77. The Morgan fingerprint density at radius 2 is 1.79 bits per heavy atom. The van der Waals surface area contributed by atoms with Crippen LogP contribution in [0, 0.1) is 0 Å². The average molecular weight is 256 g/mol. The van der Waals surface area contributed by atoms with E-state index in [0.717, 1.165) is 19.3 Å². The van der Waals surface area contributed by atoms with Gasteiger partial charge in [0.2, 0.25) is 5.91 Å². The van der Waals surface area contributed by atoms with Crippen LogP contribution in [0.25, 0.3) is 0 Å². The Balaban J connectivity index is 1.54. The molecule has 0 N–H and O–H groups in total. The lowest BCUT2D eigenvalue weighted by Gasteiger charge is -2.02. The lowest BCUT2D eigenvalue weighted by Crippen LogP contribution is -2.10. The molecule has 0 fully saturated rings. The van der Waals surface area contributed by atoms with Gasteiger partial charge in [-0.05, 0) is 30.9 Å². The van der Waals surface area contributed by atoms with E-state index in [0.29, 0.717) is 6.42 Å². The Bertz CT molecular complexity index is 477. The topological polar surface area (TPSA) is 34.9 Å². The van der Waals surface area contributed by atoms with Crippen LogP contribution in [-0.2, 0) is 6.42 Å². The second-order valence-electron chi connectivity index (χ2n) is 4.74. The predicted molar refractivity (Wildman–Crippen MR) is 76.1 cm³/mol. The Morgan fingerprint density at radius 3 is 2.53 bits per heavy atom. The van der Waals surface area contributed by atoms with Crippen molar-refractivity contribution < 1.29 is 4.79 Å². The van der Waals surface area contributed by atoms with Gasteiger partial charge in [0.15, 0.2) is 0 Å². The zero-order valence-corrected chi connectivity index (χ0v) is 11.2. The van der Waals surface area contributed by atoms with Crippen LogP contribution in [0.15, 0.2) is 48.8 Å². The minimum Gasteiger partial charge on any atom is -0.273 e. The number of nitrogens with zero attached hydrogens (tertiary/aromatic N) is 2. The van der Waals surface area contributed by atoms with Gasteiger partial charge in [-0.3, -0.25) is 4.79 Å². The fourth-order valence-electron chi connectivity index (χ4n) is 2.13. The maximum Gasteiger partial charge on any atom is 0.246 e. The Labute approximate surface area is 114 Å². The van der Waals surface area contributed by atoms with Crippen molar-refractivity contribution in [3.05, 3.63) is 54.4 Å². The molecule has 0 amide bonds. The largest absolute Gasteiger partial charge is 0.273 e. The van der Waals surface area contributed by atoms with Crippen LogP contribution in [0.4, 0.5) is 0 Å². The third-order valence-corrected chi connectivity index (χ3v) is 3.21. The Morgan fingerprint density at radius 1 is 1.00 bits per heavy atom. The third-order valence-electron chi connectivity index (χ3n) is 3.21.